The Morgan fingerprint density at radius 2 is 1.73 bits per heavy atom. The molecule has 1 aliphatic rings. The lowest BCUT2D eigenvalue weighted by atomic mass is 9.86. The van der Waals surface area contributed by atoms with Crippen LogP contribution in [0.1, 0.15) is 12.8 Å². The minimum absolute atomic E-state index is 0.108. The molecular weight excluding hydrogens is 142 g/mol. The van der Waals surface area contributed by atoms with Crippen molar-refractivity contribution in [2.75, 3.05) is 26.3 Å². The summed E-state index contributed by atoms with van der Waals surface area (Å²) in [5, 5.41) is 21.1. The van der Waals surface area contributed by atoms with Gasteiger partial charge >= 0.3 is 0 Å². The minimum atomic E-state index is 0.108. The first kappa shape index (κ1) is 8.97. The van der Waals surface area contributed by atoms with Crippen molar-refractivity contribution in [3.8, 4) is 0 Å². The molecule has 11 heavy (non-hydrogen) atoms. The summed E-state index contributed by atoms with van der Waals surface area (Å²) in [5.74, 6) is 0.628. The third kappa shape index (κ3) is 2.43. The van der Waals surface area contributed by atoms with Crippen LogP contribution in [0, 0.1) is 11.8 Å². The van der Waals surface area contributed by atoms with Gasteiger partial charge in [0.25, 0.3) is 0 Å². The fourth-order valence-corrected chi connectivity index (χ4v) is 1.67. The summed E-state index contributed by atoms with van der Waals surface area (Å²) in [7, 11) is 0. The molecule has 66 valence electrons. The number of aliphatic hydroxyl groups is 2. The Balaban J connectivity index is 2.30. The van der Waals surface area contributed by atoms with E-state index in [9.17, 15) is 0 Å². The monoisotopic (exact) mass is 159 g/mol. The molecule has 0 aromatic rings. The van der Waals surface area contributed by atoms with Gasteiger partial charge in [-0.2, -0.15) is 0 Å². The molecule has 0 atom stereocenters. The van der Waals surface area contributed by atoms with Crippen molar-refractivity contribution in [2.24, 2.45) is 11.8 Å². The van der Waals surface area contributed by atoms with Gasteiger partial charge in [-0.05, 0) is 31.8 Å². The van der Waals surface area contributed by atoms with Crippen LogP contribution < -0.4 is 5.32 Å². The van der Waals surface area contributed by atoms with Gasteiger partial charge in [0, 0.05) is 19.1 Å². The van der Waals surface area contributed by atoms with Crippen LogP contribution in [0.3, 0.4) is 0 Å². The maximum absolute atomic E-state index is 8.90. The van der Waals surface area contributed by atoms with Crippen LogP contribution >= 0.6 is 0 Å². The molecule has 0 aromatic carbocycles. The zero-order valence-electron chi connectivity index (χ0n) is 6.79. The predicted molar refractivity (Wildman–Crippen MR) is 43.3 cm³/mol. The summed E-state index contributed by atoms with van der Waals surface area (Å²) in [6, 6.07) is 0. The molecule has 0 radical (unpaired) electrons. The maximum atomic E-state index is 8.90. The largest absolute Gasteiger partial charge is 0.396 e. The van der Waals surface area contributed by atoms with Gasteiger partial charge in [-0.3, -0.25) is 0 Å². The van der Waals surface area contributed by atoms with Crippen molar-refractivity contribution in [3.05, 3.63) is 0 Å². The second-order valence-electron chi connectivity index (χ2n) is 3.21. The molecule has 0 aliphatic carbocycles. The molecule has 1 aliphatic heterocycles. The van der Waals surface area contributed by atoms with Crippen LogP contribution in [0.2, 0.25) is 0 Å². The van der Waals surface area contributed by atoms with Crippen molar-refractivity contribution in [3.63, 3.8) is 0 Å². The lowest BCUT2D eigenvalue weighted by Crippen LogP contribution is -2.34. The highest BCUT2D eigenvalue weighted by molar-refractivity contribution is 4.74. The Hall–Kier alpha value is -0.120. The Kier molecular flexibility index (Phi) is 3.83. The third-order valence-corrected chi connectivity index (χ3v) is 2.52. The van der Waals surface area contributed by atoms with E-state index >= 15 is 0 Å². The van der Waals surface area contributed by atoms with Gasteiger partial charge in [-0.1, -0.05) is 0 Å². The van der Waals surface area contributed by atoms with Gasteiger partial charge < -0.3 is 15.5 Å². The normalized spacial score (nSPS) is 21.0. The number of rotatable bonds is 3. The SMILES string of the molecule is OCC(CO)C1CCNCC1. The van der Waals surface area contributed by atoms with E-state index in [-0.39, 0.29) is 19.1 Å². The van der Waals surface area contributed by atoms with Gasteiger partial charge in [0.1, 0.15) is 0 Å². The van der Waals surface area contributed by atoms with Crippen LogP contribution in [-0.2, 0) is 0 Å². The molecular formula is C8H17NO2. The molecule has 3 heteroatoms. The molecule has 0 spiro atoms. The van der Waals surface area contributed by atoms with Gasteiger partial charge in [-0.15, -0.1) is 0 Å². The molecule has 0 saturated carbocycles. The Bertz CT molecular complexity index is 98.3. The van der Waals surface area contributed by atoms with Gasteiger partial charge in [0.05, 0.1) is 0 Å². The second kappa shape index (κ2) is 4.70. The van der Waals surface area contributed by atoms with E-state index in [1.54, 1.807) is 0 Å². The number of aliphatic hydroxyl groups excluding tert-OH is 2. The summed E-state index contributed by atoms with van der Waals surface area (Å²) in [4.78, 5) is 0. The molecule has 0 bridgehead atoms. The topological polar surface area (TPSA) is 52.5 Å². The standard InChI is InChI=1S/C8H17NO2/c10-5-8(6-11)7-1-3-9-4-2-7/h7-11H,1-6H2. The van der Waals surface area contributed by atoms with Crippen molar-refractivity contribution in [1.82, 2.24) is 5.32 Å². The summed E-state index contributed by atoms with van der Waals surface area (Å²) in [5.41, 5.74) is 0. The molecule has 0 amide bonds. The molecule has 3 nitrogen and oxygen atoms in total. The quantitative estimate of drug-likeness (QED) is 0.524. The maximum Gasteiger partial charge on any atom is 0.0483 e. The molecule has 1 heterocycles. The van der Waals surface area contributed by atoms with Crippen molar-refractivity contribution in [1.29, 1.82) is 0 Å². The van der Waals surface area contributed by atoms with E-state index in [1.807, 2.05) is 0 Å². The van der Waals surface area contributed by atoms with Gasteiger partial charge in [0.2, 0.25) is 0 Å². The van der Waals surface area contributed by atoms with Gasteiger partial charge in [-0.25, -0.2) is 0 Å². The molecule has 3 N–H and O–H groups in total. The van der Waals surface area contributed by atoms with Crippen molar-refractivity contribution < 1.29 is 10.2 Å². The first-order valence-electron chi connectivity index (χ1n) is 4.31. The second-order valence-corrected chi connectivity index (χ2v) is 3.21. The molecule has 1 rings (SSSR count). The van der Waals surface area contributed by atoms with E-state index in [2.05, 4.69) is 5.32 Å². The average Bonchev–Trinajstić information content (AvgIpc) is 2.09. The van der Waals surface area contributed by atoms with E-state index in [0.717, 1.165) is 25.9 Å². The highest BCUT2D eigenvalue weighted by Gasteiger charge is 2.21. The highest BCUT2D eigenvalue weighted by atomic mass is 16.3. The van der Waals surface area contributed by atoms with Crippen LogP contribution in [0.4, 0.5) is 0 Å². The first-order valence-corrected chi connectivity index (χ1v) is 4.31. The first-order chi connectivity index (χ1) is 5.38. The van der Waals surface area contributed by atoms with E-state index in [0.29, 0.717) is 5.92 Å². The van der Waals surface area contributed by atoms with Crippen LogP contribution in [0.15, 0.2) is 0 Å². The van der Waals surface area contributed by atoms with Crippen LogP contribution in [-0.4, -0.2) is 36.5 Å². The Morgan fingerprint density at radius 1 is 1.18 bits per heavy atom. The van der Waals surface area contributed by atoms with E-state index in [4.69, 9.17) is 10.2 Å². The Morgan fingerprint density at radius 3 is 2.18 bits per heavy atom. The number of piperidine rings is 1. The van der Waals surface area contributed by atoms with E-state index < -0.39 is 0 Å². The average molecular weight is 159 g/mol. The fraction of sp³-hybridized carbons (Fsp3) is 1.00. The number of hydrogen-bond donors (Lipinski definition) is 3. The molecule has 1 saturated heterocycles. The lowest BCUT2D eigenvalue weighted by Gasteiger charge is -2.28. The zero-order valence-corrected chi connectivity index (χ0v) is 6.79. The van der Waals surface area contributed by atoms with Crippen molar-refractivity contribution >= 4 is 0 Å². The molecule has 0 unspecified atom stereocenters. The minimum Gasteiger partial charge on any atom is -0.396 e. The fourth-order valence-electron chi connectivity index (χ4n) is 1.67. The Labute approximate surface area is 67.4 Å². The van der Waals surface area contributed by atoms with Crippen molar-refractivity contribution in [2.45, 2.75) is 12.8 Å². The molecule has 0 aromatic heterocycles. The highest BCUT2D eigenvalue weighted by Crippen LogP contribution is 2.20. The number of nitrogens with one attached hydrogen (secondary N) is 1. The zero-order chi connectivity index (χ0) is 8.10. The smallest absolute Gasteiger partial charge is 0.0483 e. The number of hydrogen-bond acceptors (Lipinski definition) is 3. The summed E-state index contributed by atoms with van der Waals surface area (Å²) < 4.78 is 0. The summed E-state index contributed by atoms with van der Waals surface area (Å²) in [6.07, 6.45) is 2.18. The van der Waals surface area contributed by atoms with Crippen LogP contribution in [0.25, 0.3) is 0 Å². The third-order valence-electron chi connectivity index (χ3n) is 2.52. The predicted octanol–water partition coefficient (Wildman–Crippen LogP) is -0.413. The summed E-state index contributed by atoms with van der Waals surface area (Å²) in [6.45, 7) is 2.31. The van der Waals surface area contributed by atoms with Gasteiger partial charge in [0.15, 0.2) is 0 Å². The lowest BCUT2D eigenvalue weighted by molar-refractivity contribution is 0.0917. The van der Waals surface area contributed by atoms with E-state index in [1.165, 1.54) is 0 Å². The molecule has 1 fully saturated rings. The summed E-state index contributed by atoms with van der Waals surface area (Å²) >= 11 is 0. The van der Waals surface area contributed by atoms with Crippen LogP contribution in [0.5, 0.6) is 0 Å².